The average molecular weight is 459 g/mol. The van der Waals surface area contributed by atoms with E-state index in [1.54, 1.807) is 18.2 Å². The fourth-order valence-electron chi connectivity index (χ4n) is 3.26. The van der Waals surface area contributed by atoms with Gasteiger partial charge >= 0.3 is 5.97 Å². The summed E-state index contributed by atoms with van der Waals surface area (Å²) >= 11 is 12.1. The number of carbonyl (C=O) groups is 2. The number of ether oxygens (including phenoxy) is 1. The molecule has 0 aromatic heterocycles. The maximum Gasteiger partial charge on any atom is 0.336 e. The van der Waals surface area contributed by atoms with Crippen LogP contribution >= 0.6 is 23.2 Å². The van der Waals surface area contributed by atoms with Gasteiger partial charge in [-0.15, -0.1) is 0 Å². The van der Waals surface area contributed by atoms with Crippen LogP contribution in [-0.4, -0.2) is 43.2 Å². The molecule has 1 aliphatic rings. The van der Waals surface area contributed by atoms with Crippen molar-refractivity contribution in [3.05, 3.63) is 68.7 Å². The first kappa shape index (κ1) is 22.4. The fraction of sp³-hybridized carbons (Fsp3) is 0.300. The van der Waals surface area contributed by atoms with E-state index in [4.69, 9.17) is 27.9 Å². The molecular formula is C20H18Cl2F2N2O4. The first-order valence-electron chi connectivity index (χ1n) is 9.05. The maximum absolute atomic E-state index is 13.6. The van der Waals surface area contributed by atoms with Crippen LogP contribution in [0.4, 0.5) is 8.78 Å². The van der Waals surface area contributed by atoms with E-state index < -0.39 is 40.7 Å². The molecule has 2 aromatic rings. The monoisotopic (exact) mass is 458 g/mol. The Bertz CT molecular complexity index is 974. The highest BCUT2D eigenvalue weighted by Gasteiger charge is 2.28. The van der Waals surface area contributed by atoms with Gasteiger partial charge in [-0.3, -0.25) is 4.79 Å². The van der Waals surface area contributed by atoms with Crippen molar-refractivity contribution in [1.82, 2.24) is 10.6 Å². The number of hydrogen-bond donors (Lipinski definition) is 3. The van der Waals surface area contributed by atoms with E-state index in [0.29, 0.717) is 41.9 Å². The zero-order valence-electron chi connectivity index (χ0n) is 15.6. The molecule has 3 rings (SSSR count). The third-order valence-corrected chi connectivity index (χ3v) is 5.48. The lowest BCUT2D eigenvalue weighted by molar-refractivity contribution is 0.0305. The third-order valence-electron chi connectivity index (χ3n) is 4.74. The molecule has 30 heavy (non-hydrogen) atoms. The van der Waals surface area contributed by atoms with Gasteiger partial charge in [0.15, 0.2) is 11.6 Å². The Labute approximate surface area is 181 Å². The highest BCUT2D eigenvalue weighted by molar-refractivity contribution is 6.42. The van der Waals surface area contributed by atoms with Gasteiger partial charge in [0.05, 0.1) is 33.9 Å². The lowest BCUT2D eigenvalue weighted by atomic mass is 9.95. The molecule has 10 heteroatoms. The van der Waals surface area contributed by atoms with Gasteiger partial charge < -0.3 is 20.5 Å². The largest absolute Gasteiger partial charge is 0.478 e. The van der Waals surface area contributed by atoms with Gasteiger partial charge in [0, 0.05) is 25.6 Å². The van der Waals surface area contributed by atoms with Crippen molar-refractivity contribution in [3.8, 4) is 0 Å². The summed E-state index contributed by atoms with van der Waals surface area (Å²) < 4.78 is 32.9. The van der Waals surface area contributed by atoms with Gasteiger partial charge in [-0.25, -0.2) is 13.6 Å². The van der Waals surface area contributed by atoms with Crippen LogP contribution in [0.1, 0.15) is 32.4 Å². The number of carboxylic acid groups (broad SMARTS) is 1. The van der Waals surface area contributed by atoms with E-state index in [2.05, 4.69) is 10.6 Å². The van der Waals surface area contributed by atoms with E-state index >= 15 is 0 Å². The quantitative estimate of drug-likeness (QED) is 0.635. The molecule has 1 heterocycles. The zero-order chi connectivity index (χ0) is 21.8. The van der Waals surface area contributed by atoms with Crippen molar-refractivity contribution in [2.45, 2.75) is 6.10 Å². The summed E-state index contributed by atoms with van der Waals surface area (Å²) in [7, 11) is 0. The van der Waals surface area contributed by atoms with Crippen LogP contribution in [0.15, 0.2) is 30.3 Å². The Balaban J connectivity index is 1.80. The minimum absolute atomic E-state index is 0.0921. The summed E-state index contributed by atoms with van der Waals surface area (Å²) in [6.45, 7) is 1.62. The van der Waals surface area contributed by atoms with Gasteiger partial charge in [0.25, 0.3) is 5.91 Å². The molecule has 160 valence electrons. The molecule has 1 aliphatic heterocycles. The minimum Gasteiger partial charge on any atom is -0.478 e. The minimum atomic E-state index is -1.54. The summed E-state index contributed by atoms with van der Waals surface area (Å²) in [5.41, 5.74) is -0.316. The van der Waals surface area contributed by atoms with E-state index in [0.717, 1.165) is 5.56 Å². The van der Waals surface area contributed by atoms with Gasteiger partial charge in [-0.1, -0.05) is 29.3 Å². The predicted molar refractivity (Wildman–Crippen MR) is 107 cm³/mol. The first-order chi connectivity index (χ1) is 14.3. The molecule has 2 atom stereocenters. The van der Waals surface area contributed by atoms with E-state index in [9.17, 15) is 23.5 Å². The summed E-state index contributed by atoms with van der Waals surface area (Å²) in [4.78, 5) is 23.9. The molecule has 3 N–H and O–H groups in total. The van der Waals surface area contributed by atoms with Crippen LogP contribution in [-0.2, 0) is 4.74 Å². The van der Waals surface area contributed by atoms with Crippen molar-refractivity contribution in [3.63, 3.8) is 0 Å². The number of halogens is 4. The number of hydrogen-bond acceptors (Lipinski definition) is 4. The van der Waals surface area contributed by atoms with Crippen LogP contribution in [0, 0.1) is 17.6 Å². The Morgan fingerprint density at radius 2 is 1.83 bits per heavy atom. The molecule has 0 bridgehead atoms. The van der Waals surface area contributed by atoms with Crippen LogP contribution in [0.25, 0.3) is 0 Å². The molecular weight excluding hydrogens is 441 g/mol. The number of carbonyl (C=O) groups excluding carboxylic acids is 1. The van der Waals surface area contributed by atoms with E-state index in [1.807, 2.05) is 0 Å². The first-order valence-corrected chi connectivity index (χ1v) is 9.81. The van der Waals surface area contributed by atoms with Crippen molar-refractivity contribution in [2.24, 2.45) is 5.92 Å². The molecule has 2 aromatic carbocycles. The van der Waals surface area contributed by atoms with Gasteiger partial charge in [0.1, 0.15) is 0 Å². The van der Waals surface area contributed by atoms with Gasteiger partial charge in [0.2, 0.25) is 0 Å². The van der Waals surface area contributed by atoms with Crippen LogP contribution in [0.3, 0.4) is 0 Å². The Kier molecular flexibility index (Phi) is 7.25. The second-order valence-corrected chi connectivity index (χ2v) is 7.57. The molecule has 0 saturated carbocycles. The van der Waals surface area contributed by atoms with Gasteiger partial charge in [-0.05, 0) is 29.8 Å². The van der Waals surface area contributed by atoms with Crippen molar-refractivity contribution < 1.29 is 28.2 Å². The molecule has 1 saturated heterocycles. The number of carboxylic acids is 1. The predicted octanol–water partition coefficient (Wildman–Crippen LogP) is 3.68. The summed E-state index contributed by atoms with van der Waals surface area (Å²) in [5, 5.41) is 15.8. The maximum atomic E-state index is 13.6. The van der Waals surface area contributed by atoms with E-state index in [-0.39, 0.29) is 12.5 Å². The molecule has 0 radical (unpaired) electrons. The number of nitrogens with one attached hydrogen (secondary N) is 2. The Morgan fingerprint density at radius 1 is 1.13 bits per heavy atom. The highest BCUT2D eigenvalue weighted by Crippen LogP contribution is 2.32. The second-order valence-electron chi connectivity index (χ2n) is 6.76. The fourth-order valence-corrected chi connectivity index (χ4v) is 3.56. The number of aromatic carboxylic acids is 1. The summed E-state index contributed by atoms with van der Waals surface area (Å²) in [5.74, 6) is -5.26. The van der Waals surface area contributed by atoms with Gasteiger partial charge in [-0.2, -0.15) is 0 Å². The summed E-state index contributed by atoms with van der Waals surface area (Å²) in [6, 6.07) is 6.17. The molecule has 1 fully saturated rings. The van der Waals surface area contributed by atoms with Crippen molar-refractivity contribution in [1.29, 1.82) is 0 Å². The Hall–Kier alpha value is -2.26. The zero-order valence-corrected chi connectivity index (χ0v) is 17.1. The highest BCUT2D eigenvalue weighted by atomic mass is 35.5. The normalized spacial score (nSPS) is 19.2. The molecule has 2 unspecified atom stereocenters. The standard InChI is InChI=1S/C20H18Cl2F2N2O4/c21-14-2-1-10(5-15(14)22)18-11(8-25-3-4-30-18)9-26-19(27)12-6-16(23)17(24)7-13(12)20(28)29/h1-2,5-7,11,18,25H,3-4,8-9H2,(H,26,27)(H,28,29). The van der Waals surface area contributed by atoms with Crippen molar-refractivity contribution in [2.75, 3.05) is 26.2 Å². The van der Waals surface area contributed by atoms with Crippen molar-refractivity contribution >= 4 is 35.1 Å². The Morgan fingerprint density at radius 3 is 2.50 bits per heavy atom. The van der Waals surface area contributed by atoms with E-state index in [1.165, 1.54) is 0 Å². The molecule has 1 amide bonds. The number of amides is 1. The van der Waals surface area contributed by atoms with Crippen LogP contribution < -0.4 is 10.6 Å². The lowest BCUT2D eigenvalue weighted by Crippen LogP contribution is -2.37. The molecule has 0 aliphatic carbocycles. The lowest BCUT2D eigenvalue weighted by Gasteiger charge is -2.26. The summed E-state index contributed by atoms with van der Waals surface area (Å²) in [6.07, 6.45) is -0.418. The van der Waals surface area contributed by atoms with Crippen LogP contribution in [0.5, 0.6) is 0 Å². The molecule has 0 spiro atoms. The number of rotatable bonds is 5. The van der Waals surface area contributed by atoms with Crippen LogP contribution in [0.2, 0.25) is 10.0 Å². The second kappa shape index (κ2) is 9.70. The topological polar surface area (TPSA) is 87.7 Å². The smallest absolute Gasteiger partial charge is 0.336 e. The number of benzene rings is 2. The molecule has 6 nitrogen and oxygen atoms in total. The average Bonchev–Trinajstić information content (AvgIpc) is 2.95. The SMILES string of the molecule is O=C(O)c1cc(F)c(F)cc1C(=O)NCC1CNCCOC1c1ccc(Cl)c(Cl)c1. The third kappa shape index (κ3) is 5.07.